The van der Waals surface area contributed by atoms with Crippen LogP contribution in [-0.2, 0) is 11.5 Å². The van der Waals surface area contributed by atoms with E-state index in [0.717, 1.165) is 32.0 Å². The van der Waals surface area contributed by atoms with Crippen molar-refractivity contribution in [2.24, 2.45) is 0 Å². The average molecular weight is 480 g/mol. The van der Waals surface area contributed by atoms with Gasteiger partial charge in [0.2, 0.25) is 5.82 Å². The molecule has 0 bridgehead atoms. The van der Waals surface area contributed by atoms with Crippen LogP contribution in [0.15, 0.2) is 29.2 Å². The lowest BCUT2D eigenvalue weighted by Crippen LogP contribution is -2.41. The van der Waals surface area contributed by atoms with E-state index in [1.807, 2.05) is 0 Å². The maximum atomic E-state index is 15.1. The number of alkyl halides is 2. The minimum Gasteiger partial charge on any atom is -0.384 e. The van der Waals surface area contributed by atoms with Crippen molar-refractivity contribution in [3.05, 3.63) is 63.3 Å². The Kier molecular flexibility index (Phi) is 5.48. The highest BCUT2D eigenvalue weighted by atomic mass is 19.3. The van der Waals surface area contributed by atoms with Crippen LogP contribution in [0.1, 0.15) is 56.8 Å². The zero-order valence-corrected chi connectivity index (χ0v) is 19.0. The van der Waals surface area contributed by atoms with Crippen LogP contribution in [0.4, 0.5) is 23.4 Å². The fraction of sp³-hybridized carbons (Fsp3) is 0.435. The van der Waals surface area contributed by atoms with E-state index in [0.29, 0.717) is 12.8 Å². The molecule has 34 heavy (non-hydrogen) atoms. The summed E-state index contributed by atoms with van der Waals surface area (Å²) in [5.41, 5.74) is -5.88. The zero-order valence-electron chi connectivity index (χ0n) is 19.0. The highest BCUT2D eigenvalue weighted by Crippen LogP contribution is 2.43. The van der Waals surface area contributed by atoms with Gasteiger partial charge < -0.3 is 20.1 Å². The number of halogens is 4. The molecule has 1 aliphatic rings. The van der Waals surface area contributed by atoms with Crippen LogP contribution in [0.25, 0.3) is 10.9 Å². The van der Waals surface area contributed by atoms with Crippen molar-refractivity contribution in [3.8, 4) is 0 Å². The molecule has 1 atom stereocenters. The van der Waals surface area contributed by atoms with Gasteiger partial charge in [0.25, 0.3) is 5.56 Å². The first kappa shape index (κ1) is 24.1. The molecule has 182 valence electrons. The van der Waals surface area contributed by atoms with Gasteiger partial charge in [-0.15, -0.1) is 0 Å². The van der Waals surface area contributed by atoms with Crippen molar-refractivity contribution in [2.75, 3.05) is 5.32 Å². The second kappa shape index (κ2) is 7.74. The van der Waals surface area contributed by atoms with Gasteiger partial charge in [0.15, 0.2) is 6.23 Å². The SMILES string of the molecule is Cc1nc(N[C@H](O)c2cccc(C(F)(F)C(C)(C)O)c2F)c2cn(C3(C)CC3)c(=O)c(F)c2n1. The van der Waals surface area contributed by atoms with E-state index >= 15 is 4.39 Å². The number of rotatable bonds is 6. The molecule has 4 rings (SSSR count). The van der Waals surface area contributed by atoms with Crippen molar-refractivity contribution in [1.82, 2.24) is 14.5 Å². The molecule has 0 saturated heterocycles. The summed E-state index contributed by atoms with van der Waals surface area (Å²) >= 11 is 0. The first-order chi connectivity index (χ1) is 15.7. The Balaban J connectivity index is 1.80. The Morgan fingerprint density at radius 1 is 1.18 bits per heavy atom. The van der Waals surface area contributed by atoms with Crippen molar-refractivity contribution in [1.29, 1.82) is 0 Å². The van der Waals surface area contributed by atoms with Crippen LogP contribution in [0.2, 0.25) is 0 Å². The fourth-order valence-electron chi connectivity index (χ4n) is 3.74. The molecular formula is C23H24F4N4O3. The molecule has 2 heterocycles. The monoisotopic (exact) mass is 480 g/mol. The number of nitrogens with one attached hydrogen (secondary N) is 1. The van der Waals surface area contributed by atoms with E-state index in [1.165, 1.54) is 17.7 Å². The van der Waals surface area contributed by atoms with Gasteiger partial charge in [0.1, 0.15) is 28.6 Å². The molecule has 1 aliphatic carbocycles. The van der Waals surface area contributed by atoms with Crippen molar-refractivity contribution < 1.29 is 27.8 Å². The molecule has 1 aromatic carbocycles. The maximum absolute atomic E-state index is 15.1. The van der Waals surface area contributed by atoms with Gasteiger partial charge in [0.05, 0.1) is 10.9 Å². The molecule has 7 nitrogen and oxygen atoms in total. The molecule has 11 heteroatoms. The summed E-state index contributed by atoms with van der Waals surface area (Å²) in [5.74, 6) is -6.50. The number of aliphatic hydroxyl groups is 2. The topological polar surface area (TPSA) is 100 Å². The number of anilines is 1. The first-order valence-electron chi connectivity index (χ1n) is 10.6. The number of aryl methyl sites for hydroxylation is 1. The molecule has 0 radical (unpaired) electrons. The van der Waals surface area contributed by atoms with Crippen molar-refractivity contribution in [3.63, 3.8) is 0 Å². The van der Waals surface area contributed by atoms with Crippen molar-refractivity contribution >= 4 is 16.7 Å². The lowest BCUT2D eigenvalue weighted by atomic mass is 9.91. The second-order valence-electron chi connectivity index (χ2n) is 9.39. The Hall–Kier alpha value is -3.05. The van der Waals surface area contributed by atoms with E-state index in [1.54, 1.807) is 6.92 Å². The summed E-state index contributed by atoms with van der Waals surface area (Å²) in [6.45, 7) is 4.92. The maximum Gasteiger partial charge on any atom is 0.303 e. The Morgan fingerprint density at radius 3 is 2.41 bits per heavy atom. The third-order valence-corrected chi connectivity index (χ3v) is 6.19. The molecule has 0 amide bonds. The van der Waals surface area contributed by atoms with Gasteiger partial charge in [-0.1, -0.05) is 12.1 Å². The average Bonchev–Trinajstić information content (AvgIpc) is 3.48. The molecule has 3 N–H and O–H groups in total. The normalized spacial score (nSPS) is 16.5. The summed E-state index contributed by atoms with van der Waals surface area (Å²) in [4.78, 5) is 20.6. The summed E-state index contributed by atoms with van der Waals surface area (Å²) in [6, 6.07) is 3.03. The van der Waals surface area contributed by atoms with E-state index in [9.17, 15) is 28.2 Å². The molecule has 2 aromatic heterocycles. The van der Waals surface area contributed by atoms with E-state index in [-0.39, 0.29) is 22.5 Å². The summed E-state index contributed by atoms with van der Waals surface area (Å²) in [5, 5.41) is 23.1. The third-order valence-electron chi connectivity index (χ3n) is 6.19. The molecule has 0 aliphatic heterocycles. The van der Waals surface area contributed by atoms with Crippen LogP contribution in [-0.4, -0.2) is 30.3 Å². The van der Waals surface area contributed by atoms with Crippen LogP contribution < -0.4 is 10.9 Å². The van der Waals surface area contributed by atoms with Crippen LogP contribution in [0.3, 0.4) is 0 Å². The summed E-state index contributed by atoms with van der Waals surface area (Å²) in [7, 11) is 0. The number of hydrogen-bond acceptors (Lipinski definition) is 6. The minimum absolute atomic E-state index is 0.0632. The molecule has 1 saturated carbocycles. The number of aromatic nitrogens is 3. The lowest BCUT2D eigenvalue weighted by Gasteiger charge is -2.30. The predicted molar refractivity (Wildman–Crippen MR) is 117 cm³/mol. The van der Waals surface area contributed by atoms with Gasteiger partial charge >= 0.3 is 5.92 Å². The summed E-state index contributed by atoms with van der Waals surface area (Å²) < 4.78 is 60.4. The second-order valence-corrected chi connectivity index (χ2v) is 9.39. The van der Waals surface area contributed by atoms with Gasteiger partial charge in [-0.3, -0.25) is 4.79 Å². The molecule has 0 spiro atoms. The molecule has 1 fully saturated rings. The quantitative estimate of drug-likeness (QED) is 0.366. The largest absolute Gasteiger partial charge is 0.384 e. The first-order valence-corrected chi connectivity index (χ1v) is 10.6. The zero-order chi connectivity index (χ0) is 25.2. The van der Waals surface area contributed by atoms with Crippen molar-refractivity contribution in [2.45, 2.75) is 63.8 Å². The van der Waals surface area contributed by atoms with E-state index < -0.39 is 51.6 Å². The number of hydrogen-bond donors (Lipinski definition) is 3. The van der Waals surface area contributed by atoms with E-state index in [2.05, 4.69) is 15.3 Å². The Labute approximate surface area is 192 Å². The van der Waals surface area contributed by atoms with Gasteiger partial charge in [-0.05, 0) is 46.6 Å². The molecule has 0 unspecified atom stereocenters. The van der Waals surface area contributed by atoms with E-state index in [4.69, 9.17) is 0 Å². The van der Waals surface area contributed by atoms with Crippen LogP contribution >= 0.6 is 0 Å². The van der Waals surface area contributed by atoms with Gasteiger partial charge in [0, 0.05) is 17.3 Å². The predicted octanol–water partition coefficient (Wildman–Crippen LogP) is 3.85. The van der Waals surface area contributed by atoms with Gasteiger partial charge in [-0.25, -0.2) is 14.4 Å². The number of fused-ring (bicyclic) bond motifs is 1. The smallest absolute Gasteiger partial charge is 0.303 e. The number of nitrogens with zero attached hydrogens (tertiary/aromatic N) is 3. The Morgan fingerprint density at radius 2 is 1.82 bits per heavy atom. The number of pyridine rings is 1. The van der Waals surface area contributed by atoms with Crippen LogP contribution in [0, 0.1) is 18.6 Å². The Bertz CT molecular complexity index is 1350. The standard InChI is InChI=1S/C23H24F4N4O3/c1-11-28-17-13(10-31(20(33)16(17)25)22(4)8-9-22)18(29-11)30-19(32)12-6-5-7-14(15(12)24)23(26,27)21(2,3)34/h5-7,10,19,32,34H,8-9H2,1-4H3,(H,28,29,30)/t19-/m1/s1. The highest BCUT2D eigenvalue weighted by Gasteiger charge is 2.49. The summed E-state index contributed by atoms with van der Waals surface area (Å²) in [6.07, 6.45) is 0.847. The third kappa shape index (κ3) is 3.82. The number of benzene rings is 1. The number of aliphatic hydroxyl groups excluding tert-OH is 1. The molecular weight excluding hydrogens is 456 g/mol. The fourth-order valence-corrected chi connectivity index (χ4v) is 3.74. The lowest BCUT2D eigenvalue weighted by molar-refractivity contribution is -0.170. The minimum atomic E-state index is -3.95. The van der Waals surface area contributed by atoms with Crippen LogP contribution in [0.5, 0.6) is 0 Å². The highest BCUT2D eigenvalue weighted by molar-refractivity contribution is 5.88. The molecule has 3 aromatic rings. The van der Waals surface area contributed by atoms with Gasteiger partial charge in [-0.2, -0.15) is 13.2 Å².